The average Bonchev–Trinajstić information content (AvgIpc) is 2.67. The molecule has 0 radical (unpaired) electrons. The summed E-state index contributed by atoms with van der Waals surface area (Å²) in [5.74, 6) is 0.550. The largest absolute Gasteiger partial charge is 0.493 e. The first-order chi connectivity index (χ1) is 12.0. The smallest absolute Gasteiger partial charge is 0.264 e. The van der Waals surface area contributed by atoms with Crippen LogP contribution in [-0.2, 0) is 4.79 Å². The molecule has 0 N–H and O–H groups in total. The molecule has 1 atom stereocenters. The molecule has 1 aliphatic carbocycles. The number of hydrogen-bond acceptors (Lipinski definition) is 5. The minimum atomic E-state index is -0.765. The lowest BCUT2D eigenvalue weighted by atomic mass is 9.81. The summed E-state index contributed by atoms with van der Waals surface area (Å²) < 4.78 is 11.0. The van der Waals surface area contributed by atoms with E-state index in [2.05, 4.69) is 6.07 Å². The van der Waals surface area contributed by atoms with E-state index in [4.69, 9.17) is 14.7 Å². The summed E-state index contributed by atoms with van der Waals surface area (Å²) in [5, 5.41) is 18.6. The van der Waals surface area contributed by atoms with Crippen molar-refractivity contribution in [2.24, 2.45) is 0 Å². The molecule has 1 fully saturated rings. The second-order valence-electron chi connectivity index (χ2n) is 6.34. The summed E-state index contributed by atoms with van der Waals surface area (Å²) in [5.41, 5.74) is -0.298. The third-order valence-electron chi connectivity index (χ3n) is 4.81. The van der Waals surface area contributed by atoms with Crippen LogP contribution in [0.2, 0.25) is 0 Å². The molecule has 0 unspecified atom stereocenters. The van der Waals surface area contributed by atoms with Crippen molar-refractivity contribution in [3.8, 4) is 23.6 Å². The highest BCUT2D eigenvalue weighted by Crippen LogP contribution is 2.34. The van der Waals surface area contributed by atoms with Gasteiger partial charge in [-0.15, -0.1) is 0 Å². The van der Waals surface area contributed by atoms with Gasteiger partial charge in [-0.3, -0.25) is 4.79 Å². The van der Waals surface area contributed by atoms with Crippen molar-refractivity contribution in [1.82, 2.24) is 4.90 Å². The van der Waals surface area contributed by atoms with Gasteiger partial charge in [0.15, 0.2) is 17.6 Å². The molecule has 6 nitrogen and oxygen atoms in total. The van der Waals surface area contributed by atoms with Crippen molar-refractivity contribution in [3.63, 3.8) is 0 Å². The van der Waals surface area contributed by atoms with Gasteiger partial charge in [0.2, 0.25) is 0 Å². The summed E-state index contributed by atoms with van der Waals surface area (Å²) in [6.45, 7) is 1.66. The molecule has 0 aromatic heterocycles. The molecule has 0 spiro atoms. The zero-order valence-corrected chi connectivity index (χ0v) is 14.9. The lowest BCUT2D eigenvalue weighted by Crippen LogP contribution is -2.53. The molecular formula is C19H23N3O3. The van der Waals surface area contributed by atoms with Crippen LogP contribution in [0.25, 0.3) is 0 Å². The molecule has 25 heavy (non-hydrogen) atoms. The maximum absolute atomic E-state index is 12.8. The van der Waals surface area contributed by atoms with E-state index in [-0.39, 0.29) is 5.91 Å². The van der Waals surface area contributed by atoms with E-state index >= 15 is 0 Å². The lowest BCUT2D eigenvalue weighted by molar-refractivity contribution is -0.141. The molecule has 0 saturated heterocycles. The third kappa shape index (κ3) is 3.85. The van der Waals surface area contributed by atoms with Gasteiger partial charge in [-0.25, -0.2) is 0 Å². The van der Waals surface area contributed by atoms with Gasteiger partial charge in [0.1, 0.15) is 5.54 Å². The first-order valence-electron chi connectivity index (χ1n) is 8.41. The van der Waals surface area contributed by atoms with E-state index in [1.807, 2.05) is 6.07 Å². The highest BCUT2D eigenvalue weighted by atomic mass is 16.5. The van der Waals surface area contributed by atoms with Crippen molar-refractivity contribution < 1.29 is 14.3 Å². The number of rotatable bonds is 5. The Balaban J connectivity index is 2.15. The van der Waals surface area contributed by atoms with E-state index in [0.29, 0.717) is 29.9 Å². The molecular weight excluding hydrogens is 318 g/mol. The number of benzene rings is 1. The third-order valence-corrected chi connectivity index (χ3v) is 4.81. The normalized spacial score (nSPS) is 16.8. The van der Waals surface area contributed by atoms with Crippen LogP contribution in [0, 0.1) is 22.7 Å². The van der Waals surface area contributed by atoms with Gasteiger partial charge in [-0.05, 0) is 31.9 Å². The monoisotopic (exact) mass is 341 g/mol. The van der Waals surface area contributed by atoms with Crippen LogP contribution in [0.15, 0.2) is 18.2 Å². The van der Waals surface area contributed by atoms with Crippen LogP contribution in [0.4, 0.5) is 0 Å². The second-order valence-corrected chi connectivity index (χ2v) is 6.34. The summed E-state index contributed by atoms with van der Waals surface area (Å²) in [6.07, 6.45) is 3.62. The number of carbonyl (C=O) groups is 1. The van der Waals surface area contributed by atoms with Crippen molar-refractivity contribution in [3.05, 3.63) is 23.8 Å². The molecule has 0 aliphatic heterocycles. The molecule has 132 valence electrons. The fraction of sp³-hybridized carbons (Fsp3) is 0.526. The fourth-order valence-corrected chi connectivity index (χ4v) is 3.22. The van der Waals surface area contributed by atoms with Crippen molar-refractivity contribution in [2.45, 2.75) is 50.7 Å². The highest BCUT2D eigenvalue weighted by Gasteiger charge is 2.40. The van der Waals surface area contributed by atoms with Crippen LogP contribution in [0.1, 0.15) is 44.6 Å². The SMILES string of the molecule is COc1cc(C#N)ccc1O[C@@H](C)C(=O)N(C)C1(C#N)CCCCC1. The maximum atomic E-state index is 12.8. The zero-order valence-electron chi connectivity index (χ0n) is 14.9. The average molecular weight is 341 g/mol. The minimum absolute atomic E-state index is 0.241. The van der Waals surface area contributed by atoms with Crippen molar-refractivity contribution >= 4 is 5.91 Å². The Kier molecular flexibility index (Phi) is 5.88. The molecule has 6 heteroatoms. The first-order valence-corrected chi connectivity index (χ1v) is 8.41. The Morgan fingerprint density at radius 3 is 2.48 bits per heavy atom. The van der Waals surface area contributed by atoms with Crippen LogP contribution in [-0.4, -0.2) is 36.6 Å². The molecule has 1 aromatic carbocycles. The second kappa shape index (κ2) is 7.90. The number of nitrogens with zero attached hydrogens (tertiary/aromatic N) is 3. The molecule has 0 heterocycles. The summed E-state index contributed by atoms with van der Waals surface area (Å²) in [6, 6.07) is 9.16. The van der Waals surface area contributed by atoms with Gasteiger partial charge in [0.25, 0.3) is 5.91 Å². The lowest BCUT2D eigenvalue weighted by Gasteiger charge is -2.40. The summed E-state index contributed by atoms with van der Waals surface area (Å²) in [4.78, 5) is 14.3. The van der Waals surface area contributed by atoms with Crippen LogP contribution < -0.4 is 9.47 Å². The van der Waals surface area contributed by atoms with E-state index in [1.165, 1.54) is 12.0 Å². The Labute approximate surface area is 148 Å². The van der Waals surface area contributed by atoms with Crippen molar-refractivity contribution in [1.29, 1.82) is 10.5 Å². The van der Waals surface area contributed by atoms with Crippen LogP contribution >= 0.6 is 0 Å². The highest BCUT2D eigenvalue weighted by molar-refractivity contribution is 5.82. The molecule has 1 aliphatic rings. The molecule has 0 bridgehead atoms. The molecule has 1 saturated carbocycles. The summed E-state index contributed by atoms with van der Waals surface area (Å²) in [7, 11) is 3.15. The Hall–Kier alpha value is -2.73. The molecule has 2 rings (SSSR count). The number of nitriles is 2. The standard InChI is InChI=1S/C19H23N3O3/c1-14(25-16-8-7-15(12-20)11-17(16)24-3)18(23)22(2)19(13-21)9-5-4-6-10-19/h7-8,11,14H,4-6,9-10H2,1-3H3/t14-/m0/s1. The number of hydrogen-bond donors (Lipinski definition) is 0. The quantitative estimate of drug-likeness (QED) is 0.821. The van der Waals surface area contributed by atoms with Gasteiger partial charge < -0.3 is 14.4 Å². The van der Waals surface area contributed by atoms with Gasteiger partial charge >= 0.3 is 0 Å². The minimum Gasteiger partial charge on any atom is -0.493 e. The van der Waals surface area contributed by atoms with E-state index in [1.54, 1.807) is 32.2 Å². The van der Waals surface area contributed by atoms with Gasteiger partial charge in [-0.2, -0.15) is 10.5 Å². The maximum Gasteiger partial charge on any atom is 0.264 e. The predicted molar refractivity (Wildman–Crippen MR) is 92.0 cm³/mol. The number of likely N-dealkylation sites (N-methyl/N-ethyl adjacent to an activating group) is 1. The number of carbonyl (C=O) groups excluding carboxylic acids is 1. The topological polar surface area (TPSA) is 86.3 Å². The molecule has 1 aromatic rings. The first kappa shape index (κ1) is 18.6. The van der Waals surface area contributed by atoms with E-state index in [9.17, 15) is 10.1 Å². The van der Waals surface area contributed by atoms with Crippen molar-refractivity contribution in [2.75, 3.05) is 14.2 Å². The van der Waals surface area contributed by atoms with Crippen LogP contribution in [0.3, 0.4) is 0 Å². The van der Waals surface area contributed by atoms with E-state index in [0.717, 1.165) is 19.3 Å². The fourth-order valence-electron chi connectivity index (χ4n) is 3.22. The van der Waals surface area contributed by atoms with Gasteiger partial charge in [0.05, 0.1) is 24.8 Å². The number of amides is 1. The summed E-state index contributed by atoms with van der Waals surface area (Å²) >= 11 is 0. The Morgan fingerprint density at radius 1 is 1.24 bits per heavy atom. The zero-order chi connectivity index (χ0) is 18.4. The van der Waals surface area contributed by atoms with Gasteiger partial charge in [-0.1, -0.05) is 19.3 Å². The predicted octanol–water partition coefficient (Wildman–Crippen LogP) is 3.02. The number of methoxy groups -OCH3 is 1. The molecule has 1 amide bonds. The Bertz CT molecular complexity index is 712. The van der Waals surface area contributed by atoms with Crippen LogP contribution in [0.5, 0.6) is 11.5 Å². The Morgan fingerprint density at radius 2 is 1.92 bits per heavy atom. The van der Waals surface area contributed by atoms with E-state index < -0.39 is 11.6 Å². The van der Waals surface area contributed by atoms with Gasteiger partial charge in [0, 0.05) is 13.1 Å². The number of ether oxygens (including phenoxy) is 2.